The molecule has 4 nitrogen and oxygen atoms in total. The zero-order valence-electron chi connectivity index (χ0n) is 12.7. The first-order valence-electron chi connectivity index (χ1n) is 7.73. The topological polar surface area (TPSA) is 44.1 Å². The highest BCUT2D eigenvalue weighted by molar-refractivity contribution is 5.96. The van der Waals surface area contributed by atoms with Crippen LogP contribution in [0.2, 0.25) is 0 Å². The summed E-state index contributed by atoms with van der Waals surface area (Å²) in [7, 11) is 0. The molecule has 2 aliphatic rings. The number of rotatable bonds is 2. The Balaban J connectivity index is 1.89. The van der Waals surface area contributed by atoms with Gasteiger partial charge < -0.3 is 4.74 Å². The lowest BCUT2D eigenvalue weighted by atomic mass is 9.89. The summed E-state index contributed by atoms with van der Waals surface area (Å²) in [5.41, 5.74) is 2.78. The van der Waals surface area contributed by atoms with Crippen molar-refractivity contribution in [3.63, 3.8) is 0 Å². The molecule has 4 heteroatoms. The predicted octanol–water partition coefficient (Wildman–Crippen LogP) is 3.37. The van der Waals surface area contributed by atoms with Crippen LogP contribution < -0.4 is 0 Å². The molecule has 0 bridgehead atoms. The van der Waals surface area contributed by atoms with E-state index in [9.17, 15) is 4.79 Å². The molecule has 0 aromatic carbocycles. The minimum absolute atomic E-state index is 0.0889. The first kappa shape index (κ1) is 13.8. The number of nitrogens with zero attached hydrogens (tertiary/aromatic N) is 2. The Morgan fingerprint density at radius 1 is 1.35 bits per heavy atom. The van der Waals surface area contributed by atoms with Crippen LogP contribution in [0.5, 0.6) is 0 Å². The van der Waals surface area contributed by atoms with Crippen LogP contribution in [0.4, 0.5) is 0 Å². The summed E-state index contributed by atoms with van der Waals surface area (Å²) in [6, 6.07) is 0.383. The van der Waals surface area contributed by atoms with E-state index >= 15 is 0 Å². The standard InChI is InChI=1S/C16H24N2O2/c1-11-15(13(3)19)12(2)18(17-11)14-6-9-20-16(10-14)7-4-5-8-16/h14H,4-10H2,1-3H3. The first-order chi connectivity index (χ1) is 9.52. The number of aryl methyl sites for hydroxylation is 1. The van der Waals surface area contributed by atoms with E-state index in [1.165, 1.54) is 25.7 Å². The van der Waals surface area contributed by atoms with Gasteiger partial charge in [0, 0.05) is 12.3 Å². The van der Waals surface area contributed by atoms with E-state index < -0.39 is 0 Å². The van der Waals surface area contributed by atoms with Crippen molar-refractivity contribution in [3.8, 4) is 0 Å². The van der Waals surface area contributed by atoms with Crippen molar-refractivity contribution in [2.45, 2.75) is 70.9 Å². The summed E-state index contributed by atoms with van der Waals surface area (Å²) in [6.07, 6.45) is 6.98. The number of aromatic nitrogens is 2. The van der Waals surface area contributed by atoms with Crippen LogP contribution in [0.1, 0.15) is 73.2 Å². The lowest BCUT2D eigenvalue weighted by Gasteiger charge is -2.38. The molecule has 1 aromatic heterocycles. The number of hydrogen-bond acceptors (Lipinski definition) is 3. The summed E-state index contributed by atoms with van der Waals surface area (Å²) < 4.78 is 8.19. The number of hydrogen-bond donors (Lipinski definition) is 0. The van der Waals surface area contributed by atoms with Gasteiger partial charge in [0.25, 0.3) is 0 Å². The van der Waals surface area contributed by atoms with Crippen LogP contribution in [0, 0.1) is 13.8 Å². The Morgan fingerprint density at radius 2 is 2.05 bits per heavy atom. The normalized spacial score (nSPS) is 25.2. The van der Waals surface area contributed by atoms with Gasteiger partial charge in [-0.3, -0.25) is 9.48 Å². The highest BCUT2D eigenvalue weighted by Gasteiger charge is 2.41. The Bertz CT molecular complexity index is 527. The fourth-order valence-corrected chi connectivity index (χ4v) is 4.11. The number of carbonyl (C=O) groups excluding carboxylic acids is 1. The molecule has 2 fully saturated rings. The molecule has 0 N–H and O–H groups in total. The van der Waals surface area contributed by atoms with Crippen molar-refractivity contribution < 1.29 is 9.53 Å². The quantitative estimate of drug-likeness (QED) is 0.778. The summed E-state index contributed by atoms with van der Waals surface area (Å²) in [5.74, 6) is 0.119. The minimum Gasteiger partial charge on any atom is -0.375 e. The van der Waals surface area contributed by atoms with Gasteiger partial charge in [-0.05, 0) is 46.5 Å². The van der Waals surface area contributed by atoms with E-state index in [0.717, 1.165) is 36.4 Å². The monoisotopic (exact) mass is 276 g/mol. The molecular formula is C16H24N2O2. The molecule has 1 atom stereocenters. The van der Waals surface area contributed by atoms with Gasteiger partial charge in [0.2, 0.25) is 0 Å². The van der Waals surface area contributed by atoms with E-state index in [0.29, 0.717) is 6.04 Å². The van der Waals surface area contributed by atoms with Crippen molar-refractivity contribution in [1.82, 2.24) is 9.78 Å². The predicted molar refractivity (Wildman–Crippen MR) is 77.1 cm³/mol. The highest BCUT2D eigenvalue weighted by atomic mass is 16.5. The zero-order chi connectivity index (χ0) is 14.3. The molecule has 1 spiro atoms. The number of ketones is 1. The van der Waals surface area contributed by atoms with Crippen molar-refractivity contribution in [3.05, 3.63) is 17.0 Å². The van der Waals surface area contributed by atoms with Crippen molar-refractivity contribution in [2.24, 2.45) is 0 Å². The van der Waals surface area contributed by atoms with Crippen molar-refractivity contribution >= 4 is 5.78 Å². The molecule has 20 heavy (non-hydrogen) atoms. The molecule has 1 aliphatic carbocycles. The van der Waals surface area contributed by atoms with Crippen LogP contribution in [0.3, 0.4) is 0 Å². The molecule has 1 saturated heterocycles. The number of ether oxygens (including phenoxy) is 1. The van der Waals surface area contributed by atoms with Gasteiger partial charge in [0.15, 0.2) is 5.78 Å². The third-order valence-electron chi connectivity index (χ3n) is 5.00. The van der Waals surface area contributed by atoms with Gasteiger partial charge in [0.05, 0.1) is 22.9 Å². The molecule has 0 radical (unpaired) electrons. The van der Waals surface area contributed by atoms with Crippen LogP contribution in [0.15, 0.2) is 0 Å². The summed E-state index contributed by atoms with van der Waals surface area (Å²) in [5, 5.41) is 4.65. The van der Waals surface area contributed by atoms with Crippen LogP contribution in [-0.2, 0) is 4.74 Å². The van der Waals surface area contributed by atoms with Crippen LogP contribution >= 0.6 is 0 Å². The number of Topliss-reactive ketones (excluding diaryl/α,β-unsaturated/α-hetero) is 1. The zero-order valence-corrected chi connectivity index (χ0v) is 12.7. The Labute approximate surface area is 120 Å². The van der Waals surface area contributed by atoms with E-state index in [1.54, 1.807) is 6.92 Å². The third kappa shape index (κ3) is 2.20. The molecule has 0 amide bonds. The second-order valence-corrected chi connectivity index (χ2v) is 6.43. The minimum atomic E-state index is 0.0889. The molecule has 2 heterocycles. The highest BCUT2D eigenvalue weighted by Crippen LogP contribution is 2.43. The Kier molecular flexibility index (Phi) is 3.44. The fraction of sp³-hybridized carbons (Fsp3) is 0.750. The molecule has 1 unspecified atom stereocenters. The average molecular weight is 276 g/mol. The fourth-order valence-electron chi connectivity index (χ4n) is 4.11. The van der Waals surface area contributed by atoms with Gasteiger partial charge in [-0.15, -0.1) is 0 Å². The lowest BCUT2D eigenvalue weighted by molar-refractivity contribution is -0.0912. The number of carbonyl (C=O) groups is 1. The lowest BCUT2D eigenvalue weighted by Crippen LogP contribution is -2.38. The largest absolute Gasteiger partial charge is 0.375 e. The smallest absolute Gasteiger partial charge is 0.163 e. The SMILES string of the molecule is CC(=O)c1c(C)nn(C2CCOC3(CCCC3)C2)c1C. The van der Waals surface area contributed by atoms with Gasteiger partial charge in [-0.1, -0.05) is 12.8 Å². The Hall–Kier alpha value is -1.16. The van der Waals surface area contributed by atoms with Crippen LogP contribution in [-0.4, -0.2) is 27.8 Å². The van der Waals surface area contributed by atoms with Crippen molar-refractivity contribution in [1.29, 1.82) is 0 Å². The van der Waals surface area contributed by atoms with Gasteiger partial charge >= 0.3 is 0 Å². The second-order valence-electron chi connectivity index (χ2n) is 6.43. The second kappa shape index (κ2) is 4.99. The maximum atomic E-state index is 11.8. The molecular weight excluding hydrogens is 252 g/mol. The molecule has 1 aliphatic heterocycles. The third-order valence-corrected chi connectivity index (χ3v) is 5.00. The maximum absolute atomic E-state index is 11.8. The summed E-state index contributed by atoms with van der Waals surface area (Å²) in [6.45, 7) is 6.40. The van der Waals surface area contributed by atoms with E-state index in [2.05, 4.69) is 9.78 Å². The summed E-state index contributed by atoms with van der Waals surface area (Å²) in [4.78, 5) is 11.8. The molecule has 3 rings (SSSR count). The van der Waals surface area contributed by atoms with Gasteiger partial charge in [-0.2, -0.15) is 5.10 Å². The summed E-state index contributed by atoms with van der Waals surface area (Å²) >= 11 is 0. The first-order valence-corrected chi connectivity index (χ1v) is 7.73. The average Bonchev–Trinajstić information content (AvgIpc) is 2.95. The molecule has 110 valence electrons. The Morgan fingerprint density at radius 3 is 2.65 bits per heavy atom. The van der Waals surface area contributed by atoms with E-state index in [-0.39, 0.29) is 11.4 Å². The van der Waals surface area contributed by atoms with Crippen molar-refractivity contribution in [2.75, 3.05) is 6.61 Å². The van der Waals surface area contributed by atoms with E-state index in [1.807, 2.05) is 13.8 Å². The van der Waals surface area contributed by atoms with E-state index in [4.69, 9.17) is 4.74 Å². The molecule has 1 saturated carbocycles. The van der Waals surface area contributed by atoms with Gasteiger partial charge in [-0.25, -0.2) is 0 Å². The van der Waals surface area contributed by atoms with Gasteiger partial charge in [0.1, 0.15) is 0 Å². The molecule has 1 aromatic rings. The van der Waals surface area contributed by atoms with Crippen LogP contribution in [0.25, 0.3) is 0 Å². The maximum Gasteiger partial charge on any atom is 0.163 e.